The summed E-state index contributed by atoms with van der Waals surface area (Å²) in [7, 11) is 0. The van der Waals surface area contributed by atoms with Gasteiger partial charge in [-0.3, -0.25) is 4.57 Å². The summed E-state index contributed by atoms with van der Waals surface area (Å²) in [5.74, 6) is 1.24. The molecule has 1 aromatic rings. The first-order valence-corrected chi connectivity index (χ1v) is 6.28. The average molecular weight is 243 g/mol. The number of hydrogen-bond acceptors (Lipinski definition) is 2. The van der Waals surface area contributed by atoms with Crippen LogP contribution in [0.25, 0.3) is 0 Å². The van der Waals surface area contributed by atoms with E-state index in [0.717, 1.165) is 23.5 Å². The molecule has 0 atom stereocenters. The summed E-state index contributed by atoms with van der Waals surface area (Å²) in [6, 6.07) is 0. The number of nitrogens with one attached hydrogen (secondary N) is 1. The normalized spacial score (nSPS) is 17.1. The van der Waals surface area contributed by atoms with Crippen molar-refractivity contribution < 1.29 is 8.78 Å². The van der Waals surface area contributed by atoms with Crippen molar-refractivity contribution in [2.45, 2.75) is 45.2 Å². The minimum Gasteiger partial charge on any atom is -0.310 e. The summed E-state index contributed by atoms with van der Waals surface area (Å²) in [6.45, 7) is -1.19. The van der Waals surface area contributed by atoms with Gasteiger partial charge in [0.25, 0.3) is 0 Å². The smallest absolute Gasteiger partial charge is 0.310 e. The fraction of sp³-hybridized carbons (Fsp3) is 0.750. The maximum Gasteiger partial charge on any atom is 0.319 e. The summed E-state index contributed by atoms with van der Waals surface area (Å²) in [5, 5.41) is 3.19. The first-order valence-electron chi connectivity index (χ1n) is 6.28. The maximum atomic E-state index is 12.5. The predicted octanol–water partition coefficient (Wildman–Crippen LogP) is 2.95. The van der Waals surface area contributed by atoms with Crippen molar-refractivity contribution in [1.29, 1.82) is 0 Å². The minimum absolute atomic E-state index is 0.409. The lowest BCUT2D eigenvalue weighted by Crippen LogP contribution is -2.20. The van der Waals surface area contributed by atoms with E-state index in [4.69, 9.17) is 0 Å². The third-order valence-corrected chi connectivity index (χ3v) is 3.45. The average Bonchev–Trinajstić information content (AvgIpc) is 2.95. The van der Waals surface area contributed by atoms with E-state index in [2.05, 4.69) is 10.3 Å². The van der Waals surface area contributed by atoms with E-state index in [0.29, 0.717) is 12.4 Å². The Morgan fingerprint density at radius 2 is 2.18 bits per heavy atom. The molecule has 1 heterocycles. The lowest BCUT2D eigenvalue weighted by Gasteiger charge is -2.10. The van der Waals surface area contributed by atoms with E-state index in [9.17, 15) is 8.78 Å². The van der Waals surface area contributed by atoms with E-state index < -0.39 is 6.55 Å². The van der Waals surface area contributed by atoms with E-state index >= 15 is 0 Å². The van der Waals surface area contributed by atoms with Gasteiger partial charge in [0.05, 0.1) is 6.54 Å². The Balaban J connectivity index is 1.68. The van der Waals surface area contributed by atoms with Crippen LogP contribution in [0.2, 0.25) is 0 Å². The van der Waals surface area contributed by atoms with Crippen LogP contribution in [0.15, 0.2) is 12.4 Å². The molecule has 17 heavy (non-hydrogen) atoms. The zero-order chi connectivity index (χ0) is 12.1. The molecule has 96 valence electrons. The number of nitrogens with zero attached hydrogens (tertiary/aromatic N) is 2. The SMILES string of the molecule is FC(F)n1ccnc1CNCCC1CCCC1. The molecular weight excluding hydrogens is 224 g/mol. The van der Waals surface area contributed by atoms with E-state index in [1.165, 1.54) is 38.1 Å². The van der Waals surface area contributed by atoms with Gasteiger partial charge in [0.15, 0.2) is 0 Å². The van der Waals surface area contributed by atoms with Crippen molar-refractivity contribution in [3.05, 3.63) is 18.2 Å². The lowest BCUT2D eigenvalue weighted by molar-refractivity contribution is 0.0666. The fourth-order valence-electron chi connectivity index (χ4n) is 2.46. The first-order chi connectivity index (χ1) is 8.27. The van der Waals surface area contributed by atoms with Crippen molar-refractivity contribution in [3.63, 3.8) is 0 Å². The topological polar surface area (TPSA) is 29.9 Å². The Hall–Kier alpha value is -0.970. The number of aromatic nitrogens is 2. The molecule has 1 aromatic heterocycles. The molecule has 1 saturated carbocycles. The van der Waals surface area contributed by atoms with Crippen molar-refractivity contribution in [3.8, 4) is 0 Å². The third-order valence-electron chi connectivity index (χ3n) is 3.45. The second kappa shape index (κ2) is 6.10. The molecule has 0 aromatic carbocycles. The molecule has 1 aliphatic rings. The number of hydrogen-bond donors (Lipinski definition) is 1. The molecule has 5 heteroatoms. The number of halogens is 2. The van der Waals surface area contributed by atoms with Crippen molar-refractivity contribution >= 4 is 0 Å². The van der Waals surface area contributed by atoms with Gasteiger partial charge in [-0.25, -0.2) is 4.98 Å². The van der Waals surface area contributed by atoms with Crippen molar-refractivity contribution in [2.75, 3.05) is 6.54 Å². The van der Waals surface area contributed by atoms with Crippen LogP contribution in [0.1, 0.15) is 44.5 Å². The van der Waals surface area contributed by atoms with Crippen LogP contribution in [0.4, 0.5) is 8.78 Å². The fourth-order valence-corrected chi connectivity index (χ4v) is 2.46. The van der Waals surface area contributed by atoms with Crippen LogP contribution >= 0.6 is 0 Å². The molecule has 0 bridgehead atoms. The lowest BCUT2D eigenvalue weighted by atomic mass is 10.0. The van der Waals surface area contributed by atoms with Crippen LogP contribution < -0.4 is 5.32 Å². The molecule has 1 N–H and O–H groups in total. The summed E-state index contributed by atoms with van der Waals surface area (Å²) >= 11 is 0. The highest BCUT2D eigenvalue weighted by Crippen LogP contribution is 2.26. The van der Waals surface area contributed by atoms with Gasteiger partial charge in [-0.2, -0.15) is 8.78 Å². The van der Waals surface area contributed by atoms with Gasteiger partial charge in [0, 0.05) is 12.4 Å². The number of alkyl halides is 2. The van der Waals surface area contributed by atoms with Gasteiger partial charge in [-0.15, -0.1) is 0 Å². The Morgan fingerprint density at radius 3 is 2.88 bits per heavy atom. The Kier molecular flexibility index (Phi) is 4.48. The third kappa shape index (κ3) is 3.49. The minimum atomic E-state index is -2.50. The molecule has 2 rings (SSSR count). The molecule has 3 nitrogen and oxygen atoms in total. The quantitative estimate of drug-likeness (QED) is 0.778. The summed E-state index contributed by atoms with van der Waals surface area (Å²) in [6.07, 6.45) is 9.23. The Morgan fingerprint density at radius 1 is 1.41 bits per heavy atom. The van der Waals surface area contributed by atoms with Crippen LogP contribution in [0.5, 0.6) is 0 Å². The number of imidazole rings is 1. The van der Waals surface area contributed by atoms with Gasteiger partial charge >= 0.3 is 6.55 Å². The van der Waals surface area contributed by atoms with Crippen molar-refractivity contribution in [2.24, 2.45) is 5.92 Å². The largest absolute Gasteiger partial charge is 0.319 e. The highest BCUT2D eigenvalue weighted by atomic mass is 19.3. The van der Waals surface area contributed by atoms with Gasteiger partial charge < -0.3 is 5.32 Å². The molecule has 0 unspecified atom stereocenters. The van der Waals surface area contributed by atoms with Gasteiger partial charge in [-0.1, -0.05) is 25.7 Å². The van der Waals surface area contributed by atoms with Gasteiger partial charge in [-0.05, 0) is 18.9 Å². The molecule has 1 fully saturated rings. The second-order valence-corrected chi connectivity index (χ2v) is 4.64. The highest BCUT2D eigenvalue weighted by molar-refractivity contribution is 4.92. The maximum absolute atomic E-state index is 12.5. The number of rotatable bonds is 6. The molecule has 1 aliphatic carbocycles. The molecule has 0 aliphatic heterocycles. The summed E-state index contributed by atoms with van der Waals surface area (Å²) < 4.78 is 25.9. The van der Waals surface area contributed by atoms with Crippen LogP contribution in [0, 0.1) is 5.92 Å². The van der Waals surface area contributed by atoms with Gasteiger partial charge in [0.1, 0.15) is 5.82 Å². The monoisotopic (exact) mass is 243 g/mol. The van der Waals surface area contributed by atoms with E-state index in [1.54, 1.807) is 0 Å². The Labute approximate surface area is 100 Å². The highest BCUT2D eigenvalue weighted by Gasteiger charge is 2.14. The molecule has 0 spiro atoms. The Bertz CT molecular complexity index is 332. The zero-order valence-electron chi connectivity index (χ0n) is 9.91. The molecular formula is C12H19F2N3. The molecule has 0 saturated heterocycles. The van der Waals surface area contributed by atoms with E-state index in [-0.39, 0.29) is 0 Å². The van der Waals surface area contributed by atoms with Gasteiger partial charge in [0.2, 0.25) is 0 Å². The zero-order valence-corrected chi connectivity index (χ0v) is 9.91. The first kappa shape index (κ1) is 12.5. The van der Waals surface area contributed by atoms with Crippen LogP contribution in [0.3, 0.4) is 0 Å². The second-order valence-electron chi connectivity index (χ2n) is 4.64. The molecule has 0 amide bonds. The predicted molar refractivity (Wildman–Crippen MR) is 61.8 cm³/mol. The molecule has 0 radical (unpaired) electrons. The van der Waals surface area contributed by atoms with Crippen LogP contribution in [-0.4, -0.2) is 16.1 Å². The van der Waals surface area contributed by atoms with Crippen molar-refractivity contribution in [1.82, 2.24) is 14.9 Å². The van der Waals surface area contributed by atoms with Crippen LogP contribution in [-0.2, 0) is 6.54 Å². The van der Waals surface area contributed by atoms with E-state index in [1.807, 2.05) is 0 Å². The summed E-state index contributed by atoms with van der Waals surface area (Å²) in [5.41, 5.74) is 0. The standard InChI is InChI=1S/C12H19F2N3/c13-12(14)17-8-7-16-11(17)9-15-6-5-10-3-1-2-4-10/h7-8,10,12,15H,1-6,9H2. The summed E-state index contributed by atoms with van der Waals surface area (Å²) in [4.78, 5) is 3.93.